The van der Waals surface area contributed by atoms with Crippen LogP contribution in [0.3, 0.4) is 0 Å². The first-order chi connectivity index (χ1) is 2.77. The van der Waals surface area contributed by atoms with Gasteiger partial charge in [0, 0.05) is 6.54 Å². The molecule has 1 amide bonds. The van der Waals surface area contributed by atoms with E-state index in [2.05, 4.69) is 5.32 Å². The second-order valence-electron chi connectivity index (χ2n) is 0.804. The van der Waals surface area contributed by atoms with Gasteiger partial charge in [0.2, 0.25) is 0 Å². The molecule has 0 aromatic rings. The molecular weight excluding hydrogens is 114 g/mol. The van der Waals surface area contributed by atoms with Crippen molar-refractivity contribution < 1.29 is 4.79 Å². The lowest BCUT2D eigenvalue weighted by Gasteiger charge is -1.86. The molecule has 7 heavy (non-hydrogen) atoms. The smallest absolute Gasteiger partial charge is 0.313 e. The average molecular weight is 124 g/mol. The molecule has 0 radical (unpaired) electrons. The molecule has 2 nitrogen and oxygen atoms in total. The summed E-state index contributed by atoms with van der Waals surface area (Å²) >= 11 is 4.83. The molecule has 0 saturated heterocycles. The van der Waals surface area contributed by atoms with Crippen LogP contribution in [-0.4, -0.2) is 11.9 Å². The number of rotatable bonds is 1. The fraction of sp³-hybridized carbons (Fsp3) is 0.750. The normalized spacial score (nSPS) is 6.57. The summed E-state index contributed by atoms with van der Waals surface area (Å²) in [6, 6.07) is 0. The number of hydrogen-bond donors (Lipinski definition) is 1. The molecule has 0 unspecified atom stereocenters. The summed E-state index contributed by atoms with van der Waals surface area (Å²) in [5.41, 5.74) is 0. The average Bonchev–Trinajstić information content (AvgIpc) is 1.35. The van der Waals surface area contributed by atoms with Crippen molar-refractivity contribution >= 4 is 17.0 Å². The maximum absolute atomic E-state index is 9.70. The SMILES string of the molecule is C.CCNC(=O)Cl. The van der Waals surface area contributed by atoms with Crippen LogP contribution in [0.5, 0.6) is 0 Å². The van der Waals surface area contributed by atoms with Gasteiger partial charge in [0.05, 0.1) is 0 Å². The molecule has 0 saturated carbocycles. The van der Waals surface area contributed by atoms with Crippen LogP contribution in [-0.2, 0) is 0 Å². The highest BCUT2D eigenvalue weighted by Gasteiger charge is 1.82. The molecule has 0 bridgehead atoms. The second kappa shape index (κ2) is 5.76. The third-order valence-electron chi connectivity index (χ3n) is 0.316. The Morgan fingerprint density at radius 1 is 1.86 bits per heavy atom. The van der Waals surface area contributed by atoms with Crippen LogP contribution in [0.15, 0.2) is 0 Å². The zero-order valence-corrected chi connectivity index (χ0v) is 4.25. The third-order valence-corrected chi connectivity index (χ3v) is 0.449. The van der Waals surface area contributed by atoms with E-state index in [0.29, 0.717) is 6.54 Å². The van der Waals surface area contributed by atoms with Crippen LogP contribution in [0, 0.1) is 0 Å². The molecule has 44 valence electrons. The van der Waals surface area contributed by atoms with Crippen LogP contribution in [0.25, 0.3) is 0 Å². The predicted molar refractivity (Wildman–Crippen MR) is 31.7 cm³/mol. The van der Waals surface area contributed by atoms with Gasteiger partial charge in [-0.05, 0) is 18.5 Å². The zero-order valence-electron chi connectivity index (χ0n) is 3.49. The van der Waals surface area contributed by atoms with Crippen molar-refractivity contribution in [2.75, 3.05) is 6.54 Å². The molecule has 3 heteroatoms. The molecule has 0 atom stereocenters. The minimum Gasteiger partial charge on any atom is -0.343 e. The molecule has 0 aliphatic rings. The van der Waals surface area contributed by atoms with Gasteiger partial charge in [-0.2, -0.15) is 0 Å². The van der Waals surface area contributed by atoms with Crippen molar-refractivity contribution in [3.05, 3.63) is 0 Å². The van der Waals surface area contributed by atoms with Gasteiger partial charge in [-0.1, -0.05) is 7.43 Å². The number of carbonyl (C=O) groups is 1. The van der Waals surface area contributed by atoms with E-state index in [-0.39, 0.29) is 7.43 Å². The second-order valence-corrected chi connectivity index (χ2v) is 1.15. The van der Waals surface area contributed by atoms with Crippen molar-refractivity contribution in [2.45, 2.75) is 14.4 Å². The van der Waals surface area contributed by atoms with Crippen molar-refractivity contribution in [1.82, 2.24) is 5.32 Å². The quantitative estimate of drug-likeness (QED) is 0.417. The van der Waals surface area contributed by atoms with Crippen LogP contribution in [0.4, 0.5) is 4.79 Å². The fourth-order valence-electron chi connectivity index (χ4n) is 0.139. The molecule has 0 rings (SSSR count). The first-order valence-electron chi connectivity index (χ1n) is 1.70. The first-order valence-corrected chi connectivity index (χ1v) is 2.08. The number of carbonyl (C=O) groups excluding carboxylic acids is 1. The van der Waals surface area contributed by atoms with E-state index in [1.54, 1.807) is 6.92 Å². The Morgan fingerprint density at radius 3 is 2.29 bits per heavy atom. The van der Waals surface area contributed by atoms with Gasteiger partial charge in [-0.25, -0.2) is 0 Å². The zero-order chi connectivity index (χ0) is 4.99. The monoisotopic (exact) mass is 123 g/mol. The Morgan fingerprint density at radius 2 is 2.29 bits per heavy atom. The molecule has 0 fully saturated rings. The maximum atomic E-state index is 9.70. The van der Waals surface area contributed by atoms with Crippen LogP contribution in [0.1, 0.15) is 14.4 Å². The minimum absolute atomic E-state index is 0. The maximum Gasteiger partial charge on any atom is 0.313 e. The summed E-state index contributed by atoms with van der Waals surface area (Å²) in [5, 5.41) is 1.85. The number of hydrogen-bond acceptors (Lipinski definition) is 1. The van der Waals surface area contributed by atoms with Crippen LogP contribution in [0.2, 0.25) is 0 Å². The van der Waals surface area contributed by atoms with E-state index in [0.717, 1.165) is 0 Å². The number of nitrogens with one attached hydrogen (secondary N) is 1. The van der Waals surface area contributed by atoms with Gasteiger partial charge in [0.1, 0.15) is 0 Å². The predicted octanol–water partition coefficient (Wildman–Crippen LogP) is 1.59. The first kappa shape index (κ1) is 9.90. The number of halogens is 1. The Labute approximate surface area is 48.9 Å². The van der Waals surface area contributed by atoms with E-state index >= 15 is 0 Å². The highest BCUT2D eigenvalue weighted by Crippen LogP contribution is 1.72. The lowest BCUT2D eigenvalue weighted by molar-refractivity contribution is 0.260. The summed E-state index contributed by atoms with van der Waals surface area (Å²) in [7, 11) is 0. The molecule has 0 aliphatic heterocycles. The van der Waals surface area contributed by atoms with Crippen LogP contribution >= 0.6 is 11.6 Å². The Kier molecular flexibility index (Phi) is 8.15. The van der Waals surface area contributed by atoms with Gasteiger partial charge in [0.25, 0.3) is 0 Å². The standard InChI is InChI=1S/C3H6ClNO.CH4/c1-2-5-3(4)6;/h2H2,1H3,(H,5,6);1H4. The Bertz CT molecular complexity index is 55.7. The molecule has 0 aromatic heterocycles. The van der Waals surface area contributed by atoms with Crippen molar-refractivity contribution in [3.63, 3.8) is 0 Å². The highest BCUT2D eigenvalue weighted by molar-refractivity contribution is 6.62. The largest absolute Gasteiger partial charge is 0.343 e. The van der Waals surface area contributed by atoms with Gasteiger partial charge in [0.15, 0.2) is 0 Å². The molecule has 1 N–H and O–H groups in total. The van der Waals surface area contributed by atoms with Gasteiger partial charge < -0.3 is 5.32 Å². The van der Waals surface area contributed by atoms with Crippen molar-refractivity contribution in [1.29, 1.82) is 0 Å². The minimum atomic E-state index is -0.488. The van der Waals surface area contributed by atoms with E-state index in [1.165, 1.54) is 0 Å². The van der Waals surface area contributed by atoms with Crippen molar-refractivity contribution in [2.24, 2.45) is 0 Å². The Hall–Kier alpha value is -0.240. The molecule has 0 heterocycles. The summed E-state index contributed by atoms with van der Waals surface area (Å²) in [5.74, 6) is 0. The van der Waals surface area contributed by atoms with E-state index in [4.69, 9.17) is 11.6 Å². The molecular formula is C4H10ClNO. The third kappa shape index (κ3) is 10.7. The summed E-state index contributed by atoms with van der Waals surface area (Å²) < 4.78 is 0. The van der Waals surface area contributed by atoms with Crippen molar-refractivity contribution in [3.8, 4) is 0 Å². The van der Waals surface area contributed by atoms with Gasteiger partial charge in [-0.3, -0.25) is 4.79 Å². The molecule has 0 spiro atoms. The van der Waals surface area contributed by atoms with Crippen LogP contribution < -0.4 is 5.32 Å². The lowest BCUT2D eigenvalue weighted by atomic mass is 10.8. The molecule has 0 aromatic carbocycles. The summed E-state index contributed by atoms with van der Waals surface area (Å²) in [4.78, 5) is 9.70. The number of amides is 1. The summed E-state index contributed by atoms with van der Waals surface area (Å²) in [6.45, 7) is 2.41. The Balaban J connectivity index is 0. The van der Waals surface area contributed by atoms with E-state index in [9.17, 15) is 4.79 Å². The fourth-order valence-corrected chi connectivity index (χ4v) is 0.273. The van der Waals surface area contributed by atoms with E-state index in [1.807, 2.05) is 0 Å². The molecule has 0 aliphatic carbocycles. The van der Waals surface area contributed by atoms with Gasteiger partial charge in [-0.15, -0.1) is 0 Å². The van der Waals surface area contributed by atoms with Gasteiger partial charge >= 0.3 is 5.37 Å². The summed E-state index contributed by atoms with van der Waals surface area (Å²) in [6.07, 6.45) is 0. The highest BCUT2D eigenvalue weighted by atomic mass is 35.5. The van der Waals surface area contributed by atoms with E-state index < -0.39 is 5.37 Å². The lowest BCUT2D eigenvalue weighted by Crippen LogP contribution is -2.14. The topological polar surface area (TPSA) is 29.1 Å².